The van der Waals surface area contributed by atoms with Gasteiger partial charge in [-0.15, -0.1) is 0 Å². The summed E-state index contributed by atoms with van der Waals surface area (Å²) >= 11 is 0. The lowest BCUT2D eigenvalue weighted by molar-refractivity contribution is -0.142. The Hall–Kier alpha value is -3.09. The molecular formula is C20H18F3NO3. The Kier molecular flexibility index (Phi) is 6.76. The summed E-state index contributed by atoms with van der Waals surface area (Å²) in [5.41, 5.74) is -0.218. The number of halogens is 3. The number of alkyl halides is 3. The largest absolute Gasteiger partial charge is 0.467 e. The number of rotatable bonds is 6. The van der Waals surface area contributed by atoms with Crippen LogP contribution in [0.15, 0.2) is 60.7 Å². The normalized spacial score (nSPS) is 12.6. The average Bonchev–Trinajstić information content (AvgIpc) is 2.66. The van der Waals surface area contributed by atoms with E-state index >= 15 is 0 Å². The fraction of sp³-hybridized carbons (Fsp3) is 0.200. The molecule has 0 aliphatic carbocycles. The summed E-state index contributed by atoms with van der Waals surface area (Å²) in [6, 6.07) is 12.3. The van der Waals surface area contributed by atoms with Crippen LogP contribution in [0.25, 0.3) is 6.08 Å². The maximum atomic E-state index is 12.8. The van der Waals surface area contributed by atoms with Gasteiger partial charge in [0.1, 0.15) is 6.04 Å². The number of carbonyl (C=O) groups excluding carboxylic acids is 2. The molecule has 142 valence electrons. The van der Waals surface area contributed by atoms with Crippen LogP contribution in [0.1, 0.15) is 27.9 Å². The van der Waals surface area contributed by atoms with Crippen LogP contribution in [0.5, 0.6) is 0 Å². The Balaban J connectivity index is 2.10. The number of benzene rings is 2. The molecule has 2 rings (SSSR count). The lowest BCUT2D eigenvalue weighted by atomic mass is 10.1. The van der Waals surface area contributed by atoms with Crippen LogP contribution in [-0.4, -0.2) is 25.0 Å². The molecule has 1 atom stereocenters. The first kappa shape index (κ1) is 20.2. The molecule has 0 saturated carbocycles. The van der Waals surface area contributed by atoms with Crippen molar-refractivity contribution in [2.24, 2.45) is 0 Å². The predicted molar refractivity (Wildman–Crippen MR) is 94.8 cm³/mol. The third kappa shape index (κ3) is 5.99. The number of methoxy groups -OCH3 is 1. The fourth-order valence-corrected chi connectivity index (χ4v) is 2.34. The van der Waals surface area contributed by atoms with Gasteiger partial charge >= 0.3 is 12.1 Å². The maximum Gasteiger partial charge on any atom is 0.416 e. The molecule has 0 saturated heterocycles. The third-order valence-corrected chi connectivity index (χ3v) is 3.72. The van der Waals surface area contributed by atoms with E-state index in [0.717, 1.165) is 23.8 Å². The lowest BCUT2D eigenvalue weighted by Gasteiger charge is -2.15. The van der Waals surface area contributed by atoms with E-state index in [1.54, 1.807) is 12.2 Å². The minimum absolute atomic E-state index is 0.131. The molecule has 1 amide bonds. The summed E-state index contributed by atoms with van der Waals surface area (Å²) in [4.78, 5) is 24.2. The van der Waals surface area contributed by atoms with Crippen LogP contribution in [0.4, 0.5) is 13.2 Å². The van der Waals surface area contributed by atoms with Crippen LogP contribution < -0.4 is 5.32 Å². The molecule has 0 aliphatic heterocycles. The monoisotopic (exact) mass is 377 g/mol. The van der Waals surface area contributed by atoms with Gasteiger partial charge in [0.05, 0.1) is 12.7 Å². The molecule has 0 fully saturated rings. The fourth-order valence-electron chi connectivity index (χ4n) is 2.34. The van der Waals surface area contributed by atoms with Crippen molar-refractivity contribution in [3.63, 3.8) is 0 Å². The van der Waals surface area contributed by atoms with E-state index in [9.17, 15) is 22.8 Å². The second kappa shape index (κ2) is 9.02. The van der Waals surface area contributed by atoms with Gasteiger partial charge in [0.2, 0.25) is 0 Å². The van der Waals surface area contributed by atoms with Crippen molar-refractivity contribution in [3.8, 4) is 0 Å². The predicted octanol–water partition coefficient (Wildman–Crippen LogP) is 4.08. The Morgan fingerprint density at radius 1 is 1.11 bits per heavy atom. The van der Waals surface area contributed by atoms with Gasteiger partial charge < -0.3 is 10.1 Å². The number of ether oxygens (including phenoxy) is 1. The van der Waals surface area contributed by atoms with Gasteiger partial charge in [0.25, 0.3) is 5.91 Å². The summed E-state index contributed by atoms with van der Waals surface area (Å²) in [6.07, 6.45) is -0.974. The van der Waals surface area contributed by atoms with E-state index in [1.165, 1.54) is 13.2 Å². The number of nitrogens with one attached hydrogen (secondary N) is 1. The van der Waals surface area contributed by atoms with E-state index in [2.05, 4.69) is 10.1 Å². The van der Waals surface area contributed by atoms with E-state index in [1.807, 2.05) is 30.3 Å². The maximum absolute atomic E-state index is 12.8. The van der Waals surface area contributed by atoms with Crippen LogP contribution in [0, 0.1) is 0 Å². The highest BCUT2D eigenvalue weighted by molar-refractivity contribution is 5.97. The number of amides is 1. The summed E-state index contributed by atoms with van der Waals surface area (Å²) in [6.45, 7) is 0. The number of hydrogen-bond donors (Lipinski definition) is 1. The smallest absolute Gasteiger partial charge is 0.416 e. The zero-order chi connectivity index (χ0) is 19.9. The molecule has 1 N–H and O–H groups in total. The van der Waals surface area contributed by atoms with Crippen molar-refractivity contribution in [1.82, 2.24) is 5.32 Å². The van der Waals surface area contributed by atoms with Crippen LogP contribution >= 0.6 is 0 Å². The molecule has 27 heavy (non-hydrogen) atoms. The molecule has 0 aliphatic rings. The standard InChI is InChI=1S/C20H18F3NO3/c1-27-19(26)17(12-5-9-14-7-3-2-4-8-14)24-18(25)15-10-6-11-16(13-15)20(21,22)23/h2-11,13,17H,12H2,1H3,(H,24,25)/b9-5+/t17-/m0/s1. The van der Waals surface area contributed by atoms with Gasteiger partial charge in [-0.2, -0.15) is 13.2 Å². The first-order valence-electron chi connectivity index (χ1n) is 8.09. The van der Waals surface area contributed by atoms with E-state index < -0.39 is 29.7 Å². The van der Waals surface area contributed by atoms with Crippen molar-refractivity contribution < 1.29 is 27.5 Å². The molecule has 0 unspecified atom stereocenters. The number of esters is 1. The minimum atomic E-state index is -4.56. The van der Waals surface area contributed by atoms with Crippen molar-refractivity contribution >= 4 is 18.0 Å². The van der Waals surface area contributed by atoms with Crippen molar-refractivity contribution in [1.29, 1.82) is 0 Å². The molecule has 0 bridgehead atoms. The van der Waals surface area contributed by atoms with Gasteiger partial charge in [-0.3, -0.25) is 4.79 Å². The molecule has 0 spiro atoms. The Morgan fingerprint density at radius 2 is 1.81 bits per heavy atom. The number of carbonyl (C=O) groups is 2. The van der Waals surface area contributed by atoms with Crippen LogP contribution in [0.3, 0.4) is 0 Å². The average molecular weight is 377 g/mol. The van der Waals surface area contributed by atoms with Crippen LogP contribution in [-0.2, 0) is 15.7 Å². The first-order chi connectivity index (χ1) is 12.8. The molecule has 7 heteroatoms. The van der Waals surface area contributed by atoms with E-state index in [-0.39, 0.29) is 12.0 Å². The Bertz CT molecular complexity index is 817. The zero-order valence-corrected chi connectivity index (χ0v) is 14.5. The first-order valence-corrected chi connectivity index (χ1v) is 8.09. The molecular weight excluding hydrogens is 359 g/mol. The minimum Gasteiger partial charge on any atom is -0.467 e. The summed E-state index contributed by atoms with van der Waals surface area (Å²) < 4.78 is 43.0. The molecule has 2 aromatic carbocycles. The van der Waals surface area contributed by atoms with Crippen molar-refractivity contribution in [3.05, 3.63) is 77.4 Å². The Morgan fingerprint density at radius 3 is 2.44 bits per heavy atom. The van der Waals surface area contributed by atoms with Crippen molar-refractivity contribution in [2.75, 3.05) is 7.11 Å². The summed E-state index contributed by atoms with van der Waals surface area (Å²) in [5, 5.41) is 2.42. The van der Waals surface area contributed by atoms with E-state index in [0.29, 0.717) is 0 Å². The lowest BCUT2D eigenvalue weighted by Crippen LogP contribution is -2.41. The SMILES string of the molecule is COC(=O)[C@H](C/C=C/c1ccccc1)NC(=O)c1cccc(C(F)(F)F)c1. The number of hydrogen-bond acceptors (Lipinski definition) is 3. The second-order valence-electron chi connectivity index (χ2n) is 5.68. The molecule has 0 heterocycles. The highest BCUT2D eigenvalue weighted by atomic mass is 19.4. The van der Waals surface area contributed by atoms with Gasteiger partial charge in [-0.05, 0) is 30.2 Å². The Labute approximate surface area is 154 Å². The summed E-state index contributed by atoms with van der Waals surface area (Å²) in [5.74, 6) is -1.47. The molecule has 0 radical (unpaired) electrons. The zero-order valence-electron chi connectivity index (χ0n) is 14.5. The van der Waals surface area contributed by atoms with Gasteiger partial charge in [0.15, 0.2) is 0 Å². The van der Waals surface area contributed by atoms with Crippen molar-refractivity contribution in [2.45, 2.75) is 18.6 Å². The van der Waals surface area contributed by atoms with Crippen LogP contribution in [0.2, 0.25) is 0 Å². The van der Waals surface area contributed by atoms with Gasteiger partial charge in [-0.25, -0.2) is 4.79 Å². The highest BCUT2D eigenvalue weighted by Gasteiger charge is 2.31. The highest BCUT2D eigenvalue weighted by Crippen LogP contribution is 2.29. The quantitative estimate of drug-likeness (QED) is 0.772. The van der Waals surface area contributed by atoms with E-state index in [4.69, 9.17) is 0 Å². The molecule has 4 nitrogen and oxygen atoms in total. The van der Waals surface area contributed by atoms with Gasteiger partial charge in [0, 0.05) is 5.56 Å². The van der Waals surface area contributed by atoms with Gasteiger partial charge in [-0.1, -0.05) is 48.6 Å². The third-order valence-electron chi connectivity index (χ3n) is 3.72. The second-order valence-corrected chi connectivity index (χ2v) is 5.68. The molecule has 2 aromatic rings. The topological polar surface area (TPSA) is 55.4 Å². The summed E-state index contributed by atoms with van der Waals surface area (Å²) in [7, 11) is 1.17. The molecule has 0 aromatic heterocycles.